The maximum Gasteiger partial charge on any atom is 0.326 e. The van der Waals surface area contributed by atoms with Crippen molar-refractivity contribution in [1.82, 2.24) is 5.32 Å². The third-order valence-corrected chi connectivity index (χ3v) is 4.40. The van der Waals surface area contributed by atoms with Crippen LogP contribution in [0.1, 0.15) is 32.3 Å². The smallest absolute Gasteiger partial charge is 0.326 e. The lowest BCUT2D eigenvalue weighted by Gasteiger charge is -2.17. The van der Waals surface area contributed by atoms with Crippen molar-refractivity contribution in [3.63, 3.8) is 0 Å². The number of aliphatic carboxylic acids is 1. The van der Waals surface area contributed by atoms with Gasteiger partial charge in [0.25, 0.3) is 0 Å². The molecule has 0 fully saturated rings. The highest BCUT2D eigenvalue weighted by Crippen LogP contribution is 2.31. The fourth-order valence-electron chi connectivity index (χ4n) is 1.74. The quantitative estimate of drug-likeness (QED) is 0.798. The molecule has 112 valence electrons. The first kappa shape index (κ1) is 17.3. The van der Waals surface area contributed by atoms with Crippen molar-refractivity contribution in [2.45, 2.75) is 39.2 Å². The van der Waals surface area contributed by atoms with Crippen LogP contribution in [0.25, 0.3) is 0 Å². The number of amides is 1. The SMILES string of the molecule is CC(C)[C@H](NC(=O)CCCc1cc(Cl)sc1Cl)C(=O)O. The number of carboxylic acid groups (broad SMARTS) is 1. The molecule has 4 nitrogen and oxygen atoms in total. The van der Waals surface area contributed by atoms with Gasteiger partial charge in [-0.3, -0.25) is 4.79 Å². The zero-order valence-corrected chi connectivity index (χ0v) is 13.6. The summed E-state index contributed by atoms with van der Waals surface area (Å²) in [6, 6.07) is 0.947. The van der Waals surface area contributed by atoms with Crippen molar-refractivity contribution < 1.29 is 14.7 Å². The molecule has 1 aromatic heterocycles. The van der Waals surface area contributed by atoms with E-state index in [1.807, 2.05) is 0 Å². The Labute approximate surface area is 132 Å². The van der Waals surface area contributed by atoms with Gasteiger partial charge in [0.2, 0.25) is 5.91 Å². The summed E-state index contributed by atoms with van der Waals surface area (Å²) in [7, 11) is 0. The summed E-state index contributed by atoms with van der Waals surface area (Å²) >= 11 is 13.1. The first-order chi connectivity index (χ1) is 9.31. The van der Waals surface area contributed by atoms with Gasteiger partial charge in [0, 0.05) is 6.42 Å². The highest BCUT2D eigenvalue weighted by atomic mass is 35.5. The highest BCUT2D eigenvalue weighted by Gasteiger charge is 2.23. The zero-order valence-electron chi connectivity index (χ0n) is 11.3. The van der Waals surface area contributed by atoms with Gasteiger partial charge < -0.3 is 10.4 Å². The third kappa shape index (κ3) is 5.31. The van der Waals surface area contributed by atoms with E-state index in [0.717, 1.165) is 5.56 Å². The van der Waals surface area contributed by atoms with Crippen molar-refractivity contribution in [1.29, 1.82) is 0 Å². The van der Waals surface area contributed by atoms with Crippen LogP contribution in [0.15, 0.2) is 6.07 Å². The van der Waals surface area contributed by atoms with E-state index in [2.05, 4.69) is 5.32 Å². The topological polar surface area (TPSA) is 66.4 Å². The van der Waals surface area contributed by atoms with Gasteiger partial charge in [-0.25, -0.2) is 4.79 Å². The minimum atomic E-state index is -1.01. The van der Waals surface area contributed by atoms with Gasteiger partial charge in [0.1, 0.15) is 6.04 Å². The second kappa shape index (κ2) is 7.86. The van der Waals surface area contributed by atoms with Gasteiger partial charge in [0.15, 0.2) is 0 Å². The molecular formula is C13H17Cl2NO3S. The highest BCUT2D eigenvalue weighted by molar-refractivity contribution is 7.20. The van der Waals surface area contributed by atoms with Crippen LogP contribution < -0.4 is 5.32 Å². The fourth-order valence-corrected chi connectivity index (χ4v) is 3.29. The standard InChI is InChI=1S/C13H17Cl2NO3S/c1-7(2)11(13(18)19)16-10(17)5-3-4-8-6-9(14)20-12(8)15/h6-7,11H,3-5H2,1-2H3,(H,16,17)(H,18,19)/t11-/m0/s1. The summed E-state index contributed by atoms with van der Waals surface area (Å²) in [5, 5.41) is 11.5. The summed E-state index contributed by atoms with van der Waals surface area (Å²) < 4.78 is 1.27. The van der Waals surface area contributed by atoms with E-state index in [1.165, 1.54) is 11.3 Å². The number of hydrogen-bond acceptors (Lipinski definition) is 3. The van der Waals surface area contributed by atoms with Gasteiger partial charge in [-0.15, -0.1) is 11.3 Å². The summed E-state index contributed by atoms with van der Waals surface area (Å²) in [5.74, 6) is -1.42. The summed E-state index contributed by atoms with van der Waals surface area (Å²) in [5.41, 5.74) is 0.924. The first-order valence-corrected chi connectivity index (χ1v) is 7.84. The van der Waals surface area contributed by atoms with Crippen LogP contribution in [-0.2, 0) is 16.0 Å². The normalized spacial score (nSPS) is 12.4. The molecule has 1 amide bonds. The van der Waals surface area contributed by atoms with Gasteiger partial charge in [-0.05, 0) is 30.4 Å². The van der Waals surface area contributed by atoms with Gasteiger partial charge in [0.05, 0.1) is 8.67 Å². The van der Waals surface area contributed by atoms with E-state index in [1.54, 1.807) is 19.9 Å². The fraction of sp³-hybridized carbons (Fsp3) is 0.538. The van der Waals surface area contributed by atoms with Gasteiger partial charge >= 0.3 is 5.97 Å². The molecule has 2 N–H and O–H groups in total. The average Bonchev–Trinajstić information content (AvgIpc) is 2.64. The maximum absolute atomic E-state index is 11.7. The Bertz CT molecular complexity index is 488. The van der Waals surface area contributed by atoms with Crippen LogP contribution in [0.2, 0.25) is 8.67 Å². The Kier molecular flexibility index (Phi) is 6.79. The van der Waals surface area contributed by atoms with E-state index in [4.69, 9.17) is 28.3 Å². The molecule has 0 saturated heterocycles. The Morgan fingerprint density at radius 2 is 2.05 bits per heavy atom. The number of carbonyl (C=O) groups excluding carboxylic acids is 1. The number of rotatable bonds is 7. The molecule has 7 heteroatoms. The van der Waals surface area contributed by atoms with Crippen LogP contribution in [0, 0.1) is 5.92 Å². The van der Waals surface area contributed by atoms with Crippen LogP contribution in [-0.4, -0.2) is 23.0 Å². The maximum atomic E-state index is 11.7. The van der Waals surface area contributed by atoms with E-state index >= 15 is 0 Å². The van der Waals surface area contributed by atoms with Crippen molar-refractivity contribution in [2.75, 3.05) is 0 Å². The summed E-state index contributed by atoms with van der Waals surface area (Å²) in [6.07, 6.45) is 1.51. The zero-order chi connectivity index (χ0) is 15.3. The van der Waals surface area contributed by atoms with Crippen molar-refractivity contribution in [3.05, 3.63) is 20.3 Å². The molecule has 0 aliphatic carbocycles. The number of thiophene rings is 1. The minimum Gasteiger partial charge on any atom is -0.480 e. The molecule has 0 aliphatic heterocycles. The summed E-state index contributed by atoms with van der Waals surface area (Å²) in [4.78, 5) is 22.7. The number of aryl methyl sites for hydroxylation is 1. The Balaban J connectivity index is 2.40. The molecule has 0 aliphatic rings. The van der Waals surface area contributed by atoms with E-state index in [9.17, 15) is 9.59 Å². The number of carboxylic acids is 1. The van der Waals surface area contributed by atoms with Crippen LogP contribution >= 0.6 is 34.5 Å². The lowest BCUT2D eigenvalue weighted by Crippen LogP contribution is -2.44. The lowest BCUT2D eigenvalue weighted by atomic mass is 10.0. The van der Waals surface area contributed by atoms with Crippen LogP contribution in [0.3, 0.4) is 0 Å². The van der Waals surface area contributed by atoms with Gasteiger partial charge in [-0.2, -0.15) is 0 Å². The molecule has 1 aromatic rings. The predicted octanol–water partition coefficient (Wildman–Crippen LogP) is 3.60. The Morgan fingerprint density at radius 1 is 1.40 bits per heavy atom. The molecule has 1 heterocycles. The number of carbonyl (C=O) groups is 2. The largest absolute Gasteiger partial charge is 0.480 e. The molecule has 0 unspecified atom stereocenters. The molecule has 0 radical (unpaired) electrons. The number of hydrogen-bond donors (Lipinski definition) is 2. The van der Waals surface area contributed by atoms with Crippen LogP contribution in [0.4, 0.5) is 0 Å². The second-order valence-corrected chi connectivity index (χ2v) is 7.12. The first-order valence-electron chi connectivity index (χ1n) is 6.27. The summed E-state index contributed by atoms with van der Waals surface area (Å²) in [6.45, 7) is 3.51. The molecule has 0 spiro atoms. The van der Waals surface area contributed by atoms with E-state index in [-0.39, 0.29) is 18.2 Å². The molecule has 0 saturated carbocycles. The van der Waals surface area contributed by atoms with E-state index in [0.29, 0.717) is 21.5 Å². The third-order valence-electron chi connectivity index (χ3n) is 2.83. The number of nitrogens with one attached hydrogen (secondary N) is 1. The van der Waals surface area contributed by atoms with E-state index < -0.39 is 12.0 Å². The lowest BCUT2D eigenvalue weighted by molar-refractivity contribution is -0.143. The van der Waals surface area contributed by atoms with Crippen molar-refractivity contribution in [3.8, 4) is 0 Å². The monoisotopic (exact) mass is 337 g/mol. The molecule has 1 atom stereocenters. The molecule has 0 aromatic carbocycles. The van der Waals surface area contributed by atoms with Crippen molar-refractivity contribution in [2.24, 2.45) is 5.92 Å². The molecule has 20 heavy (non-hydrogen) atoms. The average molecular weight is 338 g/mol. The minimum absolute atomic E-state index is 0.151. The Morgan fingerprint density at radius 3 is 2.50 bits per heavy atom. The second-order valence-electron chi connectivity index (χ2n) is 4.83. The Hall–Kier alpha value is -0.780. The van der Waals surface area contributed by atoms with Crippen molar-refractivity contribution >= 4 is 46.4 Å². The van der Waals surface area contributed by atoms with Crippen LogP contribution in [0.5, 0.6) is 0 Å². The predicted molar refractivity (Wildman–Crippen MR) is 81.7 cm³/mol. The molecule has 0 bridgehead atoms. The van der Waals surface area contributed by atoms with Gasteiger partial charge in [-0.1, -0.05) is 37.0 Å². The molecule has 1 rings (SSSR count). The molecular weight excluding hydrogens is 321 g/mol. The number of halogens is 2.